The van der Waals surface area contributed by atoms with Crippen LogP contribution in [0.1, 0.15) is 34.6 Å². The monoisotopic (exact) mass is 274 g/mol. The molecule has 0 spiro atoms. The molecule has 0 saturated carbocycles. The molecular weight excluding hydrogens is 260 g/mol. The second-order valence-electron chi connectivity index (χ2n) is 4.62. The lowest BCUT2D eigenvalue weighted by Gasteiger charge is -2.21. The van der Waals surface area contributed by atoms with Crippen molar-refractivity contribution in [2.24, 2.45) is 0 Å². The number of carbonyl (C=O) groups excluding carboxylic acids is 4. The fraction of sp³-hybridized carbons (Fsp3) is 0.286. The van der Waals surface area contributed by atoms with Gasteiger partial charge in [0, 0.05) is 0 Å². The van der Waals surface area contributed by atoms with Crippen molar-refractivity contribution in [3.8, 4) is 0 Å². The van der Waals surface area contributed by atoms with Crippen LogP contribution in [0.2, 0.25) is 0 Å². The molecule has 0 fully saturated rings. The van der Waals surface area contributed by atoms with E-state index in [-0.39, 0.29) is 12.3 Å². The van der Waals surface area contributed by atoms with E-state index >= 15 is 0 Å². The van der Waals surface area contributed by atoms with Gasteiger partial charge in [0.1, 0.15) is 11.8 Å². The van der Waals surface area contributed by atoms with Crippen molar-refractivity contribution in [3.05, 3.63) is 35.4 Å². The van der Waals surface area contributed by atoms with Crippen molar-refractivity contribution in [2.75, 3.05) is 6.54 Å². The van der Waals surface area contributed by atoms with Gasteiger partial charge in [-0.2, -0.15) is 0 Å². The van der Waals surface area contributed by atoms with Crippen LogP contribution in [-0.4, -0.2) is 41.0 Å². The number of rotatable bonds is 4. The Labute approximate surface area is 115 Å². The Morgan fingerprint density at radius 2 is 1.65 bits per heavy atom. The summed E-state index contributed by atoms with van der Waals surface area (Å²) < 4.78 is 0. The second-order valence-corrected chi connectivity index (χ2v) is 4.62. The minimum atomic E-state index is -0.957. The van der Waals surface area contributed by atoms with E-state index in [4.69, 9.17) is 0 Å². The first-order valence-electron chi connectivity index (χ1n) is 6.17. The Kier molecular flexibility index (Phi) is 3.65. The number of nitrogens with zero attached hydrogens (tertiary/aromatic N) is 1. The second kappa shape index (κ2) is 5.24. The lowest BCUT2D eigenvalue weighted by Crippen LogP contribution is -2.48. The van der Waals surface area contributed by atoms with Crippen molar-refractivity contribution in [3.63, 3.8) is 0 Å². The number of hydrogen-bond donors (Lipinski definition) is 1. The molecule has 0 radical (unpaired) electrons. The normalized spacial score (nSPS) is 15.0. The van der Waals surface area contributed by atoms with E-state index in [2.05, 4.69) is 5.32 Å². The van der Waals surface area contributed by atoms with Crippen molar-refractivity contribution in [1.29, 1.82) is 0 Å². The summed E-state index contributed by atoms with van der Waals surface area (Å²) in [5.74, 6) is -1.71. The Morgan fingerprint density at radius 3 is 2.10 bits per heavy atom. The van der Waals surface area contributed by atoms with Gasteiger partial charge in [-0.3, -0.25) is 24.1 Å². The maximum absolute atomic E-state index is 12.1. The van der Waals surface area contributed by atoms with E-state index in [1.54, 1.807) is 24.3 Å². The number of imide groups is 1. The minimum Gasteiger partial charge on any atom is -0.347 e. The van der Waals surface area contributed by atoms with Gasteiger partial charge in [-0.1, -0.05) is 12.1 Å². The Balaban J connectivity index is 2.19. The first-order valence-corrected chi connectivity index (χ1v) is 6.17. The largest absolute Gasteiger partial charge is 0.347 e. The Morgan fingerprint density at radius 1 is 1.15 bits per heavy atom. The van der Waals surface area contributed by atoms with Crippen molar-refractivity contribution in [1.82, 2.24) is 10.2 Å². The van der Waals surface area contributed by atoms with Gasteiger partial charge in [-0.15, -0.1) is 0 Å². The molecule has 1 aromatic rings. The summed E-state index contributed by atoms with van der Waals surface area (Å²) in [5.41, 5.74) is 0.590. The van der Waals surface area contributed by atoms with E-state index in [0.29, 0.717) is 11.1 Å². The standard InChI is InChI=1S/C14H14N2O4/c1-8(17)7-15-12(18)9(2)16-13(19)10-5-3-4-6-11(10)14(16)20/h3-6,9H,7H2,1-2H3,(H,15,18)/t9-/m0/s1. The van der Waals surface area contributed by atoms with Gasteiger partial charge in [-0.05, 0) is 26.0 Å². The predicted molar refractivity (Wildman–Crippen MR) is 70.1 cm³/mol. The number of ketones is 1. The Hall–Kier alpha value is -2.50. The number of benzene rings is 1. The van der Waals surface area contributed by atoms with E-state index in [1.807, 2.05) is 0 Å². The average molecular weight is 274 g/mol. The highest BCUT2D eigenvalue weighted by Gasteiger charge is 2.40. The SMILES string of the molecule is CC(=O)CNC(=O)[C@H](C)N1C(=O)c2ccccc2C1=O. The summed E-state index contributed by atoms with van der Waals surface area (Å²) in [6.07, 6.45) is 0. The molecule has 6 heteroatoms. The summed E-state index contributed by atoms with van der Waals surface area (Å²) in [6.45, 7) is 2.68. The molecule has 6 nitrogen and oxygen atoms in total. The van der Waals surface area contributed by atoms with Gasteiger partial charge in [0.2, 0.25) is 5.91 Å². The lowest BCUT2D eigenvalue weighted by atomic mass is 10.1. The van der Waals surface area contributed by atoms with Gasteiger partial charge in [0.05, 0.1) is 17.7 Å². The molecule has 0 unspecified atom stereocenters. The third kappa shape index (κ3) is 2.32. The highest BCUT2D eigenvalue weighted by Crippen LogP contribution is 2.24. The van der Waals surface area contributed by atoms with Crippen LogP contribution in [0, 0.1) is 0 Å². The van der Waals surface area contributed by atoms with Crippen LogP contribution in [0.4, 0.5) is 0 Å². The van der Waals surface area contributed by atoms with Crippen LogP contribution in [0.3, 0.4) is 0 Å². The van der Waals surface area contributed by atoms with Crippen molar-refractivity contribution < 1.29 is 19.2 Å². The van der Waals surface area contributed by atoms with E-state index in [1.165, 1.54) is 13.8 Å². The molecule has 1 atom stereocenters. The summed E-state index contributed by atoms with van der Waals surface area (Å²) >= 11 is 0. The van der Waals surface area contributed by atoms with Crippen LogP contribution in [0.25, 0.3) is 0 Å². The molecule has 1 aliphatic heterocycles. The predicted octanol–water partition coefficient (Wildman–Crippen LogP) is 0.376. The fourth-order valence-corrected chi connectivity index (χ4v) is 2.04. The maximum atomic E-state index is 12.1. The summed E-state index contributed by atoms with van der Waals surface area (Å²) in [7, 11) is 0. The zero-order valence-electron chi connectivity index (χ0n) is 11.2. The molecule has 1 aromatic carbocycles. The molecule has 1 N–H and O–H groups in total. The molecule has 104 valence electrons. The number of carbonyl (C=O) groups is 4. The molecule has 20 heavy (non-hydrogen) atoms. The van der Waals surface area contributed by atoms with Crippen LogP contribution in [0.5, 0.6) is 0 Å². The Bertz CT molecular complexity index is 574. The molecule has 2 rings (SSSR count). The van der Waals surface area contributed by atoms with Gasteiger partial charge >= 0.3 is 0 Å². The van der Waals surface area contributed by atoms with Crippen molar-refractivity contribution >= 4 is 23.5 Å². The number of amides is 3. The number of nitrogens with one attached hydrogen (secondary N) is 1. The van der Waals surface area contributed by atoms with Gasteiger partial charge < -0.3 is 5.32 Å². The fourth-order valence-electron chi connectivity index (χ4n) is 2.04. The topological polar surface area (TPSA) is 83.6 Å². The zero-order valence-corrected chi connectivity index (χ0v) is 11.2. The third-order valence-electron chi connectivity index (χ3n) is 3.10. The van der Waals surface area contributed by atoms with Gasteiger partial charge in [0.25, 0.3) is 11.8 Å². The average Bonchev–Trinajstić information content (AvgIpc) is 2.68. The van der Waals surface area contributed by atoms with E-state index in [9.17, 15) is 19.2 Å². The molecule has 0 saturated heterocycles. The molecular formula is C14H14N2O4. The molecule has 1 aliphatic rings. The first-order chi connectivity index (χ1) is 9.43. The quantitative estimate of drug-likeness (QED) is 0.804. The van der Waals surface area contributed by atoms with E-state index < -0.39 is 23.8 Å². The van der Waals surface area contributed by atoms with Crippen LogP contribution >= 0.6 is 0 Å². The lowest BCUT2D eigenvalue weighted by molar-refractivity contribution is -0.127. The first kappa shape index (κ1) is 13.9. The van der Waals surface area contributed by atoms with Crippen LogP contribution in [0.15, 0.2) is 24.3 Å². The highest BCUT2D eigenvalue weighted by atomic mass is 16.2. The van der Waals surface area contributed by atoms with Crippen molar-refractivity contribution in [2.45, 2.75) is 19.9 Å². The number of Topliss-reactive ketones (excluding diaryl/α,β-unsaturated/α-hetero) is 1. The molecule has 0 bridgehead atoms. The summed E-state index contributed by atoms with van der Waals surface area (Å²) in [4.78, 5) is 47.9. The van der Waals surface area contributed by atoms with Crippen LogP contribution in [-0.2, 0) is 9.59 Å². The number of hydrogen-bond acceptors (Lipinski definition) is 4. The third-order valence-corrected chi connectivity index (χ3v) is 3.10. The molecule has 0 aromatic heterocycles. The number of fused-ring (bicyclic) bond motifs is 1. The molecule has 0 aliphatic carbocycles. The smallest absolute Gasteiger partial charge is 0.262 e. The maximum Gasteiger partial charge on any atom is 0.262 e. The molecule has 1 heterocycles. The van der Waals surface area contributed by atoms with Gasteiger partial charge in [0.15, 0.2) is 0 Å². The zero-order chi connectivity index (χ0) is 14.9. The summed E-state index contributed by atoms with van der Waals surface area (Å²) in [6, 6.07) is 5.47. The van der Waals surface area contributed by atoms with E-state index in [0.717, 1.165) is 4.90 Å². The van der Waals surface area contributed by atoms with Crippen LogP contribution < -0.4 is 5.32 Å². The highest BCUT2D eigenvalue weighted by molar-refractivity contribution is 6.22. The minimum absolute atomic E-state index is 0.119. The summed E-state index contributed by atoms with van der Waals surface area (Å²) in [5, 5.41) is 2.39. The van der Waals surface area contributed by atoms with Gasteiger partial charge in [-0.25, -0.2) is 0 Å². The molecule has 3 amide bonds.